The van der Waals surface area contributed by atoms with Gasteiger partial charge in [0.15, 0.2) is 0 Å². The molecule has 0 aliphatic rings. The maximum Gasteiger partial charge on any atom is 0.124 e. The predicted molar refractivity (Wildman–Crippen MR) is 74.8 cm³/mol. The third-order valence-electron chi connectivity index (χ3n) is 3.16. The number of pyridine rings is 1. The summed E-state index contributed by atoms with van der Waals surface area (Å²) in [5.41, 5.74) is 3.69. The molecular weight excluding hydrogens is 254 g/mol. The summed E-state index contributed by atoms with van der Waals surface area (Å²) in [6, 6.07) is 8.99. The molecule has 0 aliphatic carbocycles. The van der Waals surface area contributed by atoms with E-state index in [1.165, 1.54) is 0 Å². The minimum Gasteiger partial charge on any atom is -0.507 e. The number of benzene rings is 1. The van der Waals surface area contributed by atoms with E-state index in [9.17, 15) is 10.2 Å². The van der Waals surface area contributed by atoms with Gasteiger partial charge in [-0.25, -0.2) is 0 Å². The van der Waals surface area contributed by atoms with Crippen molar-refractivity contribution in [1.82, 2.24) is 15.2 Å². The number of aliphatic hydroxyl groups is 1. The van der Waals surface area contributed by atoms with E-state index < -0.39 is 0 Å². The van der Waals surface area contributed by atoms with Gasteiger partial charge in [0.05, 0.1) is 18.5 Å². The van der Waals surface area contributed by atoms with Crippen molar-refractivity contribution in [2.75, 3.05) is 0 Å². The van der Waals surface area contributed by atoms with E-state index in [1.54, 1.807) is 30.7 Å². The highest BCUT2D eigenvalue weighted by molar-refractivity contribution is 5.76. The van der Waals surface area contributed by atoms with Crippen molar-refractivity contribution in [1.29, 1.82) is 0 Å². The highest BCUT2D eigenvalue weighted by Gasteiger charge is 2.11. The van der Waals surface area contributed by atoms with Crippen molar-refractivity contribution in [2.45, 2.75) is 6.61 Å². The van der Waals surface area contributed by atoms with Gasteiger partial charge in [-0.05, 0) is 23.8 Å². The molecule has 5 nitrogen and oxygen atoms in total. The van der Waals surface area contributed by atoms with Crippen molar-refractivity contribution in [3.05, 3.63) is 54.6 Å². The van der Waals surface area contributed by atoms with E-state index in [1.807, 2.05) is 18.2 Å². The average Bonchev–Trinajstić information content (AvgIpc) is 3.01. The summed E-state index contributed by atoms with van der Waals surface area (Å²) < 4.78 is 0. The molecule has 0 atom stereocenters. The van der Waals surface area contributed by atoms with Crippen molar-refractivity contribution < 1.29 is 10.2 Å². The van der Waals surface area contributed by atoms with Gasteiger partial charge >= 0.3 is 0 Å². The fourth-order valence-corrected chi connectivity index (χ4v) is 2.16. The molecule has 3 rings (SSSR count). The lowest BCUT2D eigenvalue weighted by atomic mass is 9.99. The number of hydrogen-bond donors (Lipinski definition) is 3. The van der Waals surface area contributed by atoms with Crippen LogP contribution in [0.3, 0.4) is 0 Å². The molecule has 2 aromatic heterocycles. The molecular formula is C15H13N3O2. The molecule has 1 aromatic carbocycles. The third-order valence-corrected chi connectivity index (χ3v) is 3.16. The van der Waals surface area contributed by atoms with Crippen molar-refractivity contribution >= 4 is 0 Å². The Balaban J connectivity index is 2.08. The lowest BCUT2D eigenvalue weighted by molar-refractivity contribution is 0.277. The lowest BCUT2D eigenvalue weighted by Crippen LogP contribution is -1.93. The van der Waals surface area contributed by atoms with Crippen molar-refractivity contribution in [2.24, 2.45) is 0 Å². The second-order valence-electron chi connectivity index (χ2n) is 4.37. The first kappa shape index (κ1) is 12.4. The minimum atomic E-state index is -0.168. The number of nitrogens with zero attached hydrogens (tertiary/aromatic N) is 2. The first-order valence-electron chi connectivity index (χ1n) is 6.17. The van der Waals surface area contributed by atoms with Crippen LogP contribution >= 0.6 is 0 Å². The molecule has 3 aromatic rings. The normalized spacial score (nSPS) is 10.7. The van der Waals surface area contributed by atoms with Crippen LogP contribution in [0.2, 0.25) is 0 Å². The summed E-state index contributed by atoms with van der Waals surface area (Å²) >= 11 is 0. The molecule has 20 heavy (non-hydrogen) atoms. The Morgan fingerprint density at radius 1 is 1.10 bits per heavy atom. The summed E-state index contributed by atoms with van der Waals surface area (Å²) in [4.78, 5) is 4.11. The number of H-pyrrole nitrogens is 1. The van der Waals surface area contributed by atoms with Crippen molar-refractivity contribution in [3.63, 3.8) is 0 Å². The Morgan fingerprint density at radius 2 is 2.00 bits per heavy atom. The van der Waals surface area contributed by atoms with Crippen LogP contribution in [0.4, 0.5) is 0 Å². The first-order valence-corrected chi connectivity index (χ1v) is 6.17. The summed E-state index contributed by atoms with van der Waals surface area (Å²) in [6.45, 7) is -0.168. The number of phenolic OH excluding ortho intramolecular Hbond substituents is 1. The quantitative estimate of drug-likeness (QED) is 0.680. The van der Waals surface area contributed by atoms with E-state index in [2.05, 4.69) is 15.2 Å². The summed E-state index contributed by atoms with van der Waals surface area (Å²) in [5, 5.41) is 26.2. The van der Waals surface area contributed by atoms with Crippen LogP contribution in [0.1, 0.15) is 5.69 Å². The maximum atomic E-state index is 10.2. The monoisotopic (exact) mass is 267 g/mol. The number of rotatable bonds is 3. The largest absolute Gasteiger partial charge is 0.507 e. The zero-order chi connectivity index (χ0) is 13.9. The number of aromatic amines is 1. The molecule has 0 fully saturated rings. The van der Waals surface area contributed by atoms with Gasteiger partial charge in [0.25, 0.3) is 0 Å². The number of aromatic nitrogens is 3. The third kappa shape index (κ3) is 2.15. The standard InChI is InChI=1S/C15H13N3O2/c19-9-14-12(2-1-5-16-14)13-4-3-10(6-15(13)20)11-7-17-18-8-11/h1-8,19-20H,9H2,(H,17,18). The number of nitrogens with one attached hydrogen (secondary N) is 1. The van der Waals surface area contributed by atoms with Crippen LogP contribution in [0.5, 0.6) is 5.75 Å². The molecule has 0 amide bonds. The Morgan fingerprint density at radius 3 is 2.70 bits per heavy atom. The fraction of sp³-hybridized carbons (Fsp3) is 0.0667. The number of hydrogen-bond acceptors (Lipinski definition) is 4. The van der Waals surface area contributed by atoms with E-state index in [-0.39, 0.29) is 12.4 Å². The molecule has 3 N–H and O–H groups in total. The van der Waals surface area contributed by atoms with Gasteiger partial charge in [0, 0.05) is 29.1 Å². The fourth-order valence-electron chi connectivity index (χ4n) is 2.16. The van der Waals surface area contributed by atoms with E-state index in [0.717, 1.165) is 16.7 Å². The average molecular weight is 267 g/mol. The van der Waals surface area contributed by atoms with E-state index >= 15 is 0 Å². The molecule has 0 spiro atoms. The molecule has 0 unspecified atom stereocenters. The second-order valence-corrected chi connectivity index (χ2v) is 4.37. The second kappa shape index (κ2) is 5.14. The predicted octanol–water partition coefficient (Wildman–Crippen LogP) is 2.34. The zero-order valence-corrected chi connectivity index (χ0v) is 10.6. The molecule has 0 saturated carbocycles. The van der Waals surface area contributed by atoms with Gasteiger partial charge in [0.1, 0.15) is 5.75 Å². The lowest BCUT2D eigenvalue weighted by Gasteiger charge is -2.09. The smallest absolute Gasteiger partial charge is 0.124 e. The van der Waals surface area contributed by atoms with Gasteiger partial charge in [-0.15, -0.1) is 0 Å². The summed E-state index contributed by atoms with van der Waals surface area (Å²) in [6.07, 6.45) is 5.07. The van der Waals surface area contributed by atoms with Gasteiger partial charge in [-0.2, -0.15) is 5.10 Å². The van der Waals surface area contributed by atoms with Crippen LogP contribution in [0, 0.1) is 0 Å². The Kier molecular flexibility index (Phi) is 3.18. The molecule has 5 heteroatoms. The van der Waals surface area contributed by atoms with Crippen LogP contribution in [-0.2, 0) is 6.61 Å². The molecule has 0 aliphatic heterocycles. The Bertz CT molecular complexity index is 724. The number of aromatic hydroxyl groups is 1. The van der Waals surface area contributed by atoms with Crippen LogP contribution < -0.4 is 0 Å². The molecule has 0 saturated heterocycles. The highest BCUT2D eigenvalue weighted by Crippen LogP contribution is 2.34. The Labute approximate surface area is 115 Å². The van der Waals surface area contributed by atoms with Gasteiger partial charge < -0.3 is 10.2 Å². The first-order chi connectivity index (χ1) is 9.79. The summed E-state index contributed by atoms with van der Waals surface area (Å²) in [5.74, 6) is 0.145. The van der Waals surface area contributed by atoms with Gasteiger partial charge in [-0.1, -0.05) is 12.1 Å². The van der Waals surface area contributed by atoms with Crippen LogP contribution in [0.25, 0.3) is 22.3 Å². The molecule has 2 heterocycles. The Hall–Kier alpha value is -2.66. The zero-order valence-electron chi connectivity index (χ0n) is 10.6. The van der Waals surface area contributed by atoms with Crippen molar-refractivity contribution in [3.8, 4) is 28.0 Å². The van der Waals surface area contributed by atoms with Gasteiger partial charge in [0.2, 0.25) is 0 Å². The number of phenols is 1. The van der Waals surface area contributed by atoms with E-state index in [4.69, 9.17) is 0 Å². The molecule has 100 valence electrons. The molecule has 0 bridgehead atoms. The SMILES string of the molecule is OCc1ncccc1-c1ccc(-c2cn[nH]c2)cc1O. The van der Waals surface area contributed by atoms with Gasteiger partial charge in [-0.3, -0.25) is 10.1 Å². The van der Waals surface area contributed by atoms with Crippen LogP contribution in [-0.4, -0.2) is 25.4 Å². The number of aliphatic hydroxyl groups excluding tert-OH is 1. The van der Waals surface area contributed by atoms with Crippen LogP contribution in [0.15, 0.2) is 48.9 Å². The summed E-state index contributed by atoms with van der Waals surface area (Å²) in [7, 11) is 0. The minimum absolute atomic E-state index is 0.145. The van der Waals surface area contributed by atoms with E-state index in [0.29, 0.717) is 11.3 Å². The molecule has 0 radical (unpaired) electrons. The topological polar surface area (TPSA) is 82.0 Å². The maximum absolute atomic E-state index is 10.2. The highest BCUT2D eigenvalue weighted by atomic mass is 16.3.